The summed E-state index contributed by atoms with van der Waals surface area (Å²) in [6.45, 7) is 1.82. The molecule has 5 heteroatoms. The van der Waals surface area contributed by atoms with Gasteiger partial charge in [-0.3, -0.25) is 14.6 Å². The minimum Gasteiger partial charge on any atom is -0.370 e. The Labute approximate surface area is 141 Å². The lowest BCUT2D eigenvalue weighted by molar-refractivity contribution is -0.118. The molecule has 0 aliphatic heterocycles. The maximum absolute atomic E-state index is 12.5. The number of aromatic nitrogens is 1. The molecule has 1 saturated carbocycles. The van der Waals surface area contributed by atoms with Crippen molar-refractivity contribution in [1.29, 1.82) is 0 Å². The molecule has 5 nitrogen and oxygen atoms in total. The van der Waals surface area contributed by atoms with E-state index in [1.165, 1.54) is 0 Å². The molecule has 0 saturated heterocycles. The van der Waals surface area contributed by atoms with Gasteiger partial charge >= 0.3 is 0 Å². The largest absolute Gasteiger partial charge is 0.370 e. The van der Waals surface area contributed by atoms with Crippen molar-refractivity contribution in [1.82, 2.24) is 10.3 Å². The number of nitrogens with zero attached hydrogens (tertiary/aromatic N) is 1. The van der Waals surface area contributed by atoms with E-state index in [2.05, 4.69) is 10.3 Å². The highest BCUT2D eigenvalue weighted by atomic mass is 16.2. The van der Waals surface area contributed by atoms with E-state index >= 15 is 0 Å². The maximum atomic E-state index is 12.5. The molecule has 1 aromatic carbocycles. The third-order valence-electron chi connectivity index (χ3n) is 4.33. The Bertz CT molecular complexity index is 754. The molecule has 2 amide bonds. The summed E-state index contributed by atoms with van der Waals surface area (Å²) >= 11 is 0. The number of nitrogens with one attached hydrogen (secondary N) is 1. The van der Waals surface area contributed by atoms with E-state index < -0.39 is 0 Å². The van der Waals surface area contributed by atoms with Crippen molar-refractivity contribution in [3.63, 3.8) is 0 Å². The van der Waals surface area contributed by atoms with Crippen LogP contribution in [0, 0.1) is 12.8 Å². The lowest BCUT2D eigenvalue weighted by atomic mass is 10.1. The predicted molar refractivity (Wildman–Crippen MR) is 92.2 cm³/mol. The fraction of sp³-hybridized carbons (Fsp3) is 0.316. The van der Waals surface area contributed by atoms with Crippen LogP contribution in [0.3, 0.4) is 0 Å². The van der Waals surface area contributed by atoms with Gasteiger partial charge < -0.3 is 11.1 Å². The first-order valence-corrected chi connectivity index (χ1v) is 8.17. The number of aryl methyl sites for hydroxylation is 1. The van der Waals surface area contributed by atoms with Crippen molar-refractivity contribution >= 4 is 11.8 Å². The first-order valence-electron chi connectivity index (χ1n) is 8.17. The molecule has 1 aliphatic rings. The third-order valence-corrected chi connectivity index (χ3v) is 4.33. The van der Waals surface area contributed by atoms with E-state index in [1.54, 1.807) is 6.07 Å². The van der Waals surface area contributed by atoms with Crippen molar-refractivity contribution in [2.45, 2.75) is 32.2 Å². The number of amides is 2. The van der Waals surface area contributed by atoms with Crippen LogP contribution in [0.15, 0.2) is 42.5 Å². The third kappa shape index (κ3) is 3.79. The van der Waals surface area contributed by atoms with Crippen LogP contribution in [0.25, 0.3) is 11.3 Å². The van der Waals surface area contributed by atoms with Crippen LogP contribution in [0.1, 0.15) is 35.3 Å². The lowest BCUT2D eigenvalue weighted by Crippen LogP contribution is -2.39. The molecule has 3 rings (SSSR count). The van der Waals surface area contributed by atoms with E-state index in [9.17, 15) is 9.59 Å². The molecule has 1 aromatic heterocycles. The summed E-state index contributed by atoms with van der Waals surface area (Å²) in [7, 11) is 0. The maximum Gasteiger partial charge on any atom is 0.253 e. The highest BCUT2D eigenvalue weighted by Gasteiger charge is 2.33. The smallest absolute Gasteiger partial charge is 0.253 e. The molecule has 1 heterocycles. The molecule has 1 atom stereocenters. The van der Waals surface area contributed by atoms with E-state index in [-0.39, 0.29) is 24.3 Å². The van der Waals surface area contributed by atoms with Gasteiger partial charge in [-0.1, -0.05) is 30.3 Å². The van der Waals surface area contributed by atoms with Gasteiger partial charge in [0.2, 0.25) is 5.91 Å². The van der Waals surface area contributed by atoms with Crippen molar-refractivity contribution < 1.29 is 9.59 Å². The van der Waals surface area contributed by atoms with Gasteiger partial charge in [-0.15, -0.1) is 0 Å². The highest BCUT2D eigenvalue weighted by Crippen LogP contribution is 2.34. The lowest BCUT2D eigenvalue weighted by Gasteiger charge is -2.17. The topological polar surface area (TPSA) is 85.1 Å². The molecule has 0 bridgehead atoms. The molecule has 3 N–H and O–H groups in total. The van der Waals surface area contributed by atoms with E-state index in [0.717, 1.165) is 24.1 Å². The Morgan fingerprint density at radius 2 is 1.92 bits per heavy atom. The van der Waals surface area contributed by atoms with Crippen LogP contribution in [-0.4, -0.2) is 22.8 Å². The Morgan fingerprint density at radius 1 is 1.21 bits per heavy atom. The summed E-state index contributed by atoms with van der Waals surface area (Å²) in [4.78, 5) is 28.3. The Hall–Kier alpha value is -2.69. The molecule has 124 valence electrons. The average Bonchev–Trinajstić information content (AvgIpc) is 3.39. The van der Waals surface area contributed by atoms with Crippen LogP contribution in [0.4, 0.5) is 0 Å². The molecule has 24 heavy (non-hydrogen) atoms. The second-order valence-electron chi connectivity index (χ2n) is 6.28. The predicted octanol–water partition coefficient (Wildman–Crippen LogP) is 2.44. The Kier molecular flexibility index (Phi) is 4.60. The molecular formula is C19H21N3O2. The number of nitrogens with two attached hydrogens (primary N) is 1. The summed E-state index contributed by atoms with van der Waals surface area (Å²) < 4.78 is 0. The molecule has 1 aliphatic carbocycles. The van der Waals surface area contributed by atoms with Gasteiger partial charge in [-0.05, 0) is 37.8 Å². The summed E-state index contributed by atoms with van der Waals surface area (Å²) in [5, 5.41) is 2.95. The second-order valence-corrected chi connectivity index (χ2v) is 6.28. The Balaban J connectivity index is 1.76. The summed E-state index contributed by atoms with van der Waals surface area (Å²) in [5.41, 5.74) is 8.33. The summed E-state index contributed by atoms with van der Waals surface area (Å²) in [6.07, 6.45) is 2.25. The Morgan fingerprint density at radius 3 is 2.50 bits per heavy atom. The van der Waals surface area contributed by atoms with E-state index in [1.807, 2.05) is 43.3 Å². The van der Waals surface area contributed by atoms with Crippen LogP contribution in [-0.2, 0) is 4.79 Å². The zero-order valence-electron chi connectivity index (χ0n) is 13.7. The number of hydrogen-bond donors (Lipinski definition) is 2. The normalized spacial score (nSPS) is 14.9. The van der Waals surface area contributed by atoms with Gasteiger partial charge in [0.15, 0.2) is 0 Å². The number of primary amides is 1. The van der Waals surface area contributed by atoms with E-state index in [0.29, 0.717) is 17.2 Å². The molecule has 1 fully saturated rings. The van der Waals surface area contributed by atoms with Crippen LogP contribution < -0.4 is 11.1 Å². The fourth-order valence-corrected chi connectivity index (χ4v) is 2.87. The second kappa shape index (κ2) is 6.83. The van der Waals surface area contributed by atoms with Crippen LogP contribution in [0.5, 0.6) is 0 Å². The summed E-state index contributed by atoms with van der Waals surface area (Å²) in [5.74, 6) is -0.224. The minimum atomic E-state index is -0.388. The standard InChI is InChI=1S/C19H21N3O2/c1-12-15(9-10-16(21-12)13-5-3-2-4-6-13)19(24)22-17(11-18(20)23)14-7-8-14/h2-6,9-10,14,17H,7-8,11H2,1H3,(H2,20,23)(H,22,24)/t17-/m0/s1. The van der Waals surface area contributed by atoms with Crippen molar-refractivity contribution in [3.05, 3.63) is 53.7 Å². The zero-order chi connectivity index (χ0) is 17.1. The number of carbonyl (C=O) groups is 2. The van der Waals surface area contributed by atoms with Gasteiger partial charge in [0.05, 0.1) is 17.0 Å². The number of pyridine rings is 1. The molecular weight excluding hydrogens is 302 g/mol. The number of carbonyl (C=O) groups excluding carboxylic acids is 2. The van der Waals surface area contributed by atoms with E-state index in [4.69, 9.17) is 5.73 Å². The number of benzene rings is 1. The molecule has 0 radical (unpaired) electrons. The van der Waals surface area contributed by atoms with Crippen LogP contribution in [0.2, 0.25) is 0 Å². The molecule has 2 aromatic rings. The van der Waals surface area contributed by atoms with Crippen LogP contribution >= 0.6 is 0 Å². The summed E-state index contributed by atoms with van der Waals surface area (Å²) in [6, 6.07) is 13.3. The first-order chi connectivity index (χ1) is 11.5. The minimum absolute atomic E-state index is 0.178. The van der Waals surface area contributed by atoms with Crippen molar-refractivity contribution in [2.24, 2.45) is 11.7 Å². The highest BCUT2D eigenvalue weighted by molar-refractivity contribution is 5.96. The van der Waals surface area contributed by atoms with Gasteiger partial charge in [0, 0.05) is 18.0 Å². The monoisotopic (exact) mass is 323 g/mol. The fourth-order valence-electron chi connectivity index (χ4n) is 2.87. The average molecular weight is 323 g/mol. The van der Waals surface area contributed by atoms with Gasteiger partial charge in [-0.25, -0.2) is 0 Å². The zero-order valence-corrected chi connectivity index (χ0v) is 13.7. The number of hydrogen-bond acceptors (Lipinski definition) is 3. The first kappa shape index (κ1) is 16.2. The quantitative estimate of drug-likeness (QED) is 0.856. The molecule has 0 spiro atoms. The van der Waals surface area contributed by atoms with Gasteiger partial charge in [0.1, 0.15) is 0 Å². The van der Waals surface area contributed by atoms with Gasteiger partial charge in [-0.2, -0.15) is 0 Å². The van der Waals surface area contributed by atoms with Crippen molar-refractivity contribution in [2.75, 3.05) is 0 Å². The SMILES string of the molecule is Cc1nc(-c2ccccc2)ccc1C(=O)N[C@@H](CC(N)=O)C1CC1. The number of rotatable bonds is 6. The van der Waals surface area contributed by atoms with Crippen molar-refractivity contribution in [3.8, 4) is 11.3 Å². The van der Waals surface area contributed by atoms with Gasteiger partial charge in [0.25, 0.3) is 5.91 Å². The molecule has 0 unspecified atom stereocenters.